The maximum absolute atomic E-state index is 12.2. The zero-order valence-electron chi connectivity index (χ0n) is 13.2. The molecule has 1 aromatic carbocycles. The molecule has 0 radical (unpaired) electrons. The van der Waals surface area contributed by atoms with Crippen LogP contribution in [0.5, 0.6) is 5.75 Å². The molecule has 1 aliphatic rings. The molecule has 3 rings (SSSR count). The lowest BCUT2D eigenvalue weighted by molar-refractivity contribution is -0.118. The van der Waals surface area contributed by atoms with Gasteiger partial charge >= 0.3 is 0 Å². The molecule has 0 saturated carbocycles. The Labute approximate surface area is 159 Å². The monoisotopic (exact) mass is 398 g/mol. The number of rotatable bonds is 5. The average molecular weight is 399 g/mol. The van der Waals surface area contributed by atoms with Crippen LogP contribution in [0.4, 0.5) is 5.00 Å². The van der Waals surface area contributed by atoms with Crippen LogP contribution < -0.4 is 15.8 Å². The number of nitrogens with one attached hydrogen (secondary N) is 1. The van der Waals surface area contributed by atoms with Crippen molar-refractivity contribution in [2.45, 2.75) is 25.7 Å². The summed E-state index contributed by atoms with van der Waals surface area (Å²) in [6, 6.07) is 4.94. The third-order valence-corrected chi connectivity index (χ3v) is 5.95. The van der Waals surface area contributed by atoms with Crippen molar-refractivity contribution in [2.24, 2.45) is 5.73 Å². The summed E-state index contributed by atoms with van der Waals surface area (Å²) in [6.45, 7) is -0.249. The van der Waals surface area contributed by atoms with Gasteiger partial charge in [-0.1, -0.05) is 29.3 Å². The van der Waals surface area contributed by atoms with E-state index in [9.17, 15) is 9.59 Å². The first-order chi connectivity index (χ1) is 12.0. The van der Waals surface area contributed by atoms with E-state index in [4.69, 9.17) is 33.7 Å². The molecule has 2 aromatic rings. The van der Waals surface area contributed by atoms with Gasteiger partial charge in [0.05, 0.1) is 10.6 Å². The normalized spacial score (nSPS) is 13.2. The van der Waals surface area contributed by atoms with E-state index in [1.165, 1.54) is 11.3 Å². The minimum absolute atomic E-state index is 0.249. The molecule has 8 heteroatoms. The van der Waals surface area contributed by atoms with Gasteiger partial charge in [0.25, 0.3) is 11.8 Å². The molecule has 1 heterocycles. The molecular weight excluding hydrogens is 383 g/mol. The third kappa shape index (κ3) is 3.92. The van der Waals surface area contributed by atoms with Crippen molar-refractivity contribution in [1.29, 1.82) is 0 Å². The molecule has 0 atom stereocenters. The van der Waals surface area contributed by atoms with E-state index in [0.717, 1.165) is 36.1 Å². The largest absolute Gasteiger partial charge is 0.482 e. The number of carbonyl (C=O) groups is 2. The highest BCUT2D eigenvalue weighted by Crippen LogP contribution is 2.38. The summed E-state index contributed by atoms with van der Waals surface area (Å²) in [7, 11) is 0. The maximum Gasteiger partial charge on any atom is 0.262 e. The van der Waals surface area contributed by atoms with Gasteiger partial charge in [0.2, 0.25) is 0 Å². The topological polar surface area (TPSA) is 81.4 Å². The average Bonchev–Trinajstić information content (AvgIpc) is 2.94. The molecule has 1 aromatic heterocycles. The molecule has 0 aliphatic heterocycles. The number of carbonyl (C=O) groups excluding carboxylic acids is 2. The highest BCUT2D eigenvalue weighted by atomic mass is 35.5. The quantitative estimate of drug-likeness (QED) is 0.796. The Balaban J connectivity index is 1.72. The third-order valence-electron chi connectivity index (χ3n) is 3.95. The Kier molecular flexibility index (Phi) is 5.51. The fourth-order valence-electron chi connectivity index (χ4n) is 2.82. The van der Waals surface area contributed by atoms with Crippen LogP contribution in [-0.4, -0.2) is 18.4 Å². The van der Waals surface area contributed by atoms with E-state index in [1.54, 1.807) is 18.2 Å². The second-order valence-electron chi connectivity index (χ2n) is 5.67. The number of aryl methyl sites for hydroxylation is 1. The van der Waals surface area contributed by atoms with Gasteiger partial charge in [0.15, 0.2) is 6.61 Å². The van der Waals surface area contributed by atoms with Gasteiger partial charge in [0, 0.05) is 4.88 Å². The number of primary amides is 1. The summed E-state index contributed by atoms with van der Waals surface area (Å²) in [5.74, 6) is -0.587. The Bertz CT molecular complexity index is 836. The number of halogens is 2. The van der Waals surface area contributed by atoms with Crippen molar-refractivity contribution in [3.05, 3.63) is 44.2 Å². The summed E-state index contributed by atoms with van der Waals surface area (Å²) in [5, 5.41) is 3.82. The second-order valence-corrected chi connectivity index (χ2v) is 7.56. The fourth-order valence-corrected chi connectivity index (χ4v) is 4.47. The van der Waals surface area contributed by atoms with E-state index in [-0.39, 0.29) is 11.6 Å². The second kappa shape index (κ2) is 7.64. The molecule has 0 fully saturated rings. The van der Waals surface area contributed by atoms with Crippen LogP contribution in [0, 0.1) is 0 Å². The highest BCUT2D eigenvalue weighted by Gasteiger charge is 2.25. The van der Waals surface area contributed by atoms with Crippen LogP contribution in [0.25, 0.3) is 0 Å². The van der Waals surface area contributed by atoms with E-state index < -0.39 is 11.8 Å². The zero-order valence-corrected chi connectivity index (χ0v) is 15.6. The number of benzene rings is 1. The first kappa shape index (κ1) is 18.0. The predicted molar refractivity (Wildman–Crippen MR) is 100 cm³/mol. The molecule has 3 N–H and O–H groups in total. The number of nitrogens with two attached hydrogens (primary N) is 1. The predicted octanol–water partition coefficient (Wildman–Crippen LogP) is 4.05. The molecule has 0 saturated heterocycles. The van der Waals surface area contributed by atoms with Crippen LogP contribution in [0.15, 0.2) is 18.2 Å². The summed E-state index contributed by atoms with van der Waals surface area (Å²) < 4.78 is 5.41. The minimum Gasteiger partial charge on any atom is -0.482 e. The smallest absolute Gasteiger partial charge is 0.262 e. The number of anilines is 1. The van der Waals surface area contributed by atoms with Crippen LogP contribution >= 0.6 is 34.5 Å². The summed E-state index contributed by atoms with van der Waals surface area (Å²) in [6.07, 6.45) is 3.82. The highest BCUT2D eigenvalue weighted by molar-refractivity contribution is 7.17. The summed E-state index contributed by atoms with van der Waals surface area (Å²) in [5.41, 5.74) is 6.91. The van der Waals surface area contributed by atoms with E-state index in [1.807, 2.05) is 0 Å². The van der Waals surface area contributed by atoms with Gasteiger partial charge in [0.1, 0.15) is 15.8 Å². The van der Waals surface area contributed by atoms with Crippen molar-refractivity contribution < 1.29 is 14.3 Å². The lowest BCUT2D eigenvalue weighted by Crippen LogP contribution is -2.22. The summed E-state index contributed by atoms with van der Waals surface area (Å²) >= 11 is 13.3. The number of amides is 2. The number of thiophene rings is 1. The number of fused-ring (bicyclic) bond motifs is 1. The Morgan fingerprint density at radius 2 is 2.00 bits per heavy atom. The molecular formula is C17H16Cl2N2O3S. The Morgan fingerprint density at radius 1 is 1.24 bits per heavy atom. The minimum atomic E-state index is -0.520. The standard InChI is InChI=1S/C17H16Cl2N2O3S/c18-10-5-3-6-11(15(10)19)24-8-13(22)21-17-14(16(20)23)9-4-1-2-7-12(9)25-17/h3,5-6H,1-2,4,7-8H2,(H2,20,23)(H,21,22). The lowest BCUT2D eigenvalue weighted by atomic mass is 9.95. The molecule has 132 valence electrons. The van der Waals surface area contributed by atoms with Crippen molar-refractivity contribution in [2.75, 3.05) is 11.9 Å². The summed E-state index contributed by atoms with van der Waals surface area (Å²) in [4.78, 5) is 25.1. The lowest BCUT2D eigenvalue weighted by Gasteiger charge is -2.11. The van der Waals surface area contributed by atoms with E-state index >= 15 is 0 Å². The van der Waals surface area contributed by atoms with Crippen molar-refractivity contribution in [3.8, 4) is 5.75 Å². The van der Waals surface area contributed by atoms with Crippen LogP contribution in [0.2, 0.25) is 10.0 Å². The fraction of sp³-hybridized carbons (Fsp3) is 0.294. The molecule has 1 aliphatic carbocycles. The SMILES string of the molecule is NC(=O)c1c(NC(=O)COc2cccc(Cl)c2Cl)sc2c1CCCC2. The Morgan fingerprint density at radius 3 is 2.76 bits per heavy atom. The van der Waals surface area contributed by atoms with Gasteiger partial charge in [-0.15, -0.1) is 11.3 Å². The molecule has 0 spiro atoms. The van der Waals surface area contributed by atoms with Gasteiger partial charge in [-0.3, -0.25) is 9.59 Å². The van der Waals surface area contributed by atoms with Gasteiger partial charge in [-0.05, 0) is 43.4 Å². The van der Waals surface area contributed by atoms with Gasteiger partial charge in [-0.25, -0.2) is 0 Å². The van der Waals surface area contributed by atoms with Crippen LogP contribution in [0.3, 0.4) is 0 Å². The molecule has 2 amide bonds. The first-order valence-electron chi connectivity index (χ1n) is 7.78. The maximum atomic E-state index is 12.2. The number of ether oxygens (including phenoxy) is 1. The molecule has 5 nitrogen and oxygen atoms in total. The van der Waals surface area contributed by atoms with E-state index in [0.29, 0.717) is 21.3 Å². The van der Waals surface area contributed by atoms with Crippen molar-refractivity contribution in [1.82, 2.24) is 0 Å². The van der Waals surface area contributed by atoms with Crippen molar-refractivity contribution in [3.63, 3.8) is 0 Å². The first-order valence-corrected chi connectivity index (χ1v) is 9.35. The molecule has 0 bridgehead atoms. The van der Waals surface area contributed by atoms with E-state index in [2.05, 4.69) is 5.32 Å². The van der Waals surface area contributed by atoms with Gasteiger partial charge in [-0.2, -0.15) is 0 Å². The van der Waals surface area contributed by atoms with Crippen molar-refractivity contribution >= 4 is 51.4 Å². The Hall–Kier alpha value is -1.76. The zero-order chi connectivity index (χ0) is 18.0. The van der Waals surface area contributed by atoms with Gasteiger partial charge < -0.3 is 15.8 Å². The number of hydrogen-bond donors (Lipinski definition) is 2. The van der Waals surface area contributed by atoms with Crippen LogP contribution in [0.1, 0.15) is 33.6 Å². The number of hydrogen-bond acceptors (Lipinski definition) is 4. The van der Waals surface area contributed by atoms with Crippen LogP contribution in [-0.2, 0) is 17.6 Å². The molecule has 0 unspecified atom stereocenters. The molecule has 25 heavy (non-hydrogen) atoms.